The van der Waals surface area contributed by atoms with Crippen molar-refractivity contribution in [2.45, 2.75) is 32.1 Å². The van der Waals surface area contributed by atoms with Crippen molar-refractivity contribution in [1.82, 2.24) is 10.1 Å². The highest BCUT2D eigenvalue weighted by Crippen LogP contribution is 2.28. The van der Waals surface area contributed by atoms with Crippen molar-refractivity contribution in [3.05, 3.63) is 46.7 Å². The van der Waals surface area contributed by atoms with Crippen molar-refractivity contribution in [3.8, 4) is 11.3 Å². The van der Waals surface area contributed by atoms with E-state index in [1.807, 2.05) is 29.6 Å². The van der Waals surface area contributed by atoms with Crippen LogP contribution in [0.2, 0.25) is 0 Å². The molecule has 3 aromatic rings. The molecule has 3 rings (SSSR count). The number of hydrogen-bond donors (Lipinski definition) is 1. The predicted molar refractivity (Wildman–Crippen MR) is 93.7 cm³/mol. The van der Waals surface area contributed by atoms with E-state index in [0.717, 1.165) is 17.7 Å². The van der Waals surface area contributed by atoms with Gasteiger partial charge in [-0.2, -0.15) is 0 Å². The molecule has 2 aromatic heterocycles. The van der Waals surface area contributed by atoms with Gasteiger partial charge in [-0.25, -0.2) is 13.4 Å². The van der Waals surface area contributed by atoms with E-state index >= 15 is 0 Å². The number of sulfonamides is 1. The van der Waals surface area contributed by atoms with Gasteiger partial charge in [0.05, 0.1) is 5.69 Å². The van der Waals surface area contributed by atoms with Crippen LogP contribution in [0.4, 0.5) is 5.13 Å². The summed E-state index contributed by atoms with van der Waals surface area (Å²) in [6.07, 6.45) is 0.972. The first-order valence-corrected chi connectivity index (χ1v) is 9.77. The van der Waals surface area contributed by atoms with Gasteiger partial charge in [-0.05, 0) is 25.8 Å². The molecule has 0 aliphatic carbocycles. The highest BCUT2D eigenvalue weighted by atomic mass is 32.2. The number of anilines is 1. The maximum atomic E-state index is 12.5. The van der Waals surface area contributed by atoms with Crippen LogP contribution in [-0.2, 0) is 16.4 Å². The van der Waals surface area contributed by atoms with Crippen molar-refractivity contribution >= 4 is 26.5 Å². The van der Waals surface area contributed by atoms with Crippen molar-refractivity contribution in [2.75, 3.05) is 4.72 Å². The van der Waals surface area contributed by atoms with Crippen LogP contribution in [0.1, 0.15) is 23.9 Å². The Hall–Kier alpha value is -2.19. The van der Waals surface area contributed by atoms with Gasteiger partial charge in [0.1, 0.15) is 5.69 Å². The van der Waals surface area contributed by atoms with E-state index in [2.05, 4.69) is 21.8 Å². The van der Waals surface area contributed by atoms with Gasteiger partial charge in [0, 0.05) is 10.9 Å². The Morgan fingerprint density at radius 3 is 2.50 bits per heavy atom. The lowest BCUT2D eigenvalue weighted by Gasteiger charge is -2.04. The first-order chi connectivity index (χ1) is 11.4. The first-order valence-electron chi connectivity index (χ1n) is 7.41. The number of nitrogens with one attached hydrogen (secondary N) is 1. The maximum absolute atomic E-state index is 12.5. The molecule has 6 nitrogen and oxygen atoms in total. The Morgan fingerprint density at radius 2 is 1.92 bits per heavy atom. The standard InChI is InChI=1S/C16H17N3O3S2/c1-4-12-5-7-13(8-6-12)14-9-23-16(17-14)19-24(20,21)15-10(2)18-22-11(15)3/h5-9H,4H2,1-3H3,(H,17,19). The van der Waals surface area contributed by atoms with Crippen LogP contribution in [0, 0.1) is 13.8 Å². The Kier molecular flexibility index (Phi) is 4.42. The number of hydrogen-bond acceptors (Lipinski definition) is 6. The second-order valence-electron chi connectivity index (χ2n) is 5.35. The van der Waals surface area contributed by atoms with Crippen molar-refractivity contribution in [2.24, 2.45) is 0 Å². The fourth-order valence-electron chi connectivity index (χ4n) is 2.39. The average Bonchev–Trinajstić information content (AvgIpc) is 3.14. The Balaban J connectivity index is 1.86. The van der Waals surface area contributed by atoms with Crippen molar-refractivity contribution in [3.63, 3.8) is 0 Å². The highest BCUT2D eigenvalue weighted by Gasteiger charge is 2.25. The van der Waals surface area contributed by atoms with E-state index in [1.165, 1.54) is 16.9 Å². The zero-order valence-corrected chi connectivity index (χ0v) is 15.2. The zero-order valence-electron chi connectivity index (χ0n) is 13.5. The maximum Gasteiger partial charge on any atom is 0.269 e. The molecule has 8 heteroatoms. The lowest BCUT2D eigenvalue weighted by atomic mass is 10.1. The quantitative estimate of drug-likeness (QED) is 0.746. The SMILES string of the molecule is CCc1ccc(-c2csc(NS(=O)(=O)c3c(C)noc3C)n2)cc1. The van der Waals surface area contributed by atoms with Gasteiger partial charge in [0.25, 0.3) is 10.0 Å². The molecule has 0 saturated heterocycles. The number of thiazole rings is 1. The largest absolute Gasteiger partial charge is 0.360 e. The van der Waals surface area contributed by atoms with Crippen LogP contribution < -0.4 is 4.72 Å². The summed E-state index contributed by atoms with van der Waals surface area (Å²) in [7, 11) is -3.77. The third-order valence-corrected chi connectivity index (χ3v) is 6.09. The number of nitrogens with zero attached hydrogens (tertiary/aromatic N) is 2. The molecular formula is C16H17N3O3S2. The summed E-state index contributed by atoms with van der Waals surface area (Å²) in [6.45, 7) is 5.25. The molecule has 0 spiro atoms. The molecule has 0 saturated carbocycles. The molecule has 126 valence electrons. The van der Waals surface area contributed by atoms with Gasteiger partial charge in [-0.15, -0.1) is 11.3 Å². The van der Waals surface area contributed by atoms with Gasteiger partial charge in [0.15, 0.2) is 15.8 Å². The molecule has 0 unspecified atom stereocenters. The molecule has 24 heavy (non-hydrogen) atoms. The predicted octanol–water partition coefficient (Wildman–Crippen LogP) is 3.78. The fourth-order valence-corrected chi connectivity index (χ4v) is 4.69. The average molecular weight is 363 g/mol. The normalized spacial score (nSPS) is 11.6. The second-order valence-corrected chi connectivity index (χ2v) is 7.82. The first kappa shape index (κ1) is 16.7. The van der Waals surface area contributed by atoms with Crippen LogP contribution in [0.3, 0.4) is 0 Å². The van der Waals surface area contributed by atoms with Gasteiger partial charge >= 0.3 is 0 Å². The minimum absolute atomic E-state index is 0.0616. The van der Waals surface area contributed by atoms with E-state index in [9.17, 15) is 8.42 Å². The van der Waals surface area contributed by atoms with Crippen LogP contribution >= 0.6 is 11.3 Å². The molecule has 0 bridgehead atoms. The summed E-state index contributed by atoms with van der Waals surface area (Å²) >= 11 is 1.24. The van der Waals surface area contributed by atoms with Crippen LogP contribution in [0.15, 0.2) is 39.1 Å². The van der Waals surface area contributed by atoms with Gasteiger partial charge in [0.2, 0.25) is 0 Å². The van der Waals surface area contributed by atoms with Gasteiger partial charge < -0.3 is 4.52 Å². The van der Waals surface area contributed by atoms with E-state index in [0.29, 0.717) is 10.8 Å². The Bertz CT molecular complexity index is 937. The third kappa shape index (κ3) is 3.20. The molecule has 0 atom stereocenters. The van der Waals surface area contributed by atoms with Crippen LogP contribution in [0.25, 0.3) is 11.3 Å². The van der Waals surface area contributed by atoms with Gasteiger partial charge in [-0.3, -0.25) is 4.72 Å². The van der Waals surface area contributed by atoms with E-state index in [4.69, 9.17) is 4.52 Å². The molecule has 1 aromatic carbocycles. The zero-order chi connectivity index (χ0) is 17.3. The van der Waals surface area contributed by atoms with Crippen molar-refractivity contribution in [1.29, 1.82) is 0 Å². The van der Waals surface area contributed by atoms with Crippen LogP contribution in [-0.4, -0.2) is 18.6 Å². The minimum atomic E-state index is -3.77. The summed E-state index contributed by atoms with van der Waals surface area (Å²) < 4.78 is 32.4. The van der Waals surface area contributed by atoms with Crippen molar-refractivity contribution < 1.29 is 12.9 Å². The van der Waals surface area contributed by atoms with E-state index in [1.54, 1.807) is 13.8 Å². The molecule has 0 aliphatic heterocycles. The molecular weight excluding hydrogens is 346 g/mol. The smallest absolute Gasteiger partial charge is 0.269 e. The second kappa shape index (κ2) is 6.37. The minimum Gasteiger partial charge on any atom is -0.360 e. The number of aromatic nitrogens is 2. The molecule has 0 radical (unpaired) electrons. The van der Waals surface area contributed by atoms with Gasteiger partial charge in [-0.1, -0.05) is 36.3 Å². The summed E-state index contributed by atoms with van der Waals surface area (Å²) in [5, 5.41) is 5.82. The third-order valence-electron chi connectivity index (χ3n) is 3.62. The molecule has 2 heterocycles. The summed E-state index contributed by atoms with van der Waals surface area (Å²) in [5.74, 6) is 0.256. The topological polar surface area (TPSA) is 85.1 Å². The summed E-state index contributed by atoms with van der Waals surface area (Å²) in [5.41, 5.74) is 3.26. The monoisotopic (exact) mass is 363 g/mol. The highest BCUT2D eigenvalue weighted by molar-refractivity contribution is 7.93. The number of rotatable bonds is 5. The molecule has 0 aliphatic rings. The van der Waals surface area contributed by atoms with Crippen LogP contribution in [0.5, 0.6) is 0 Å². The lowest BCUT2D eigenvalue weighted by Crippen LogP contribution is -2.14. The fraction of sp³-hybridized carbons (Fsp3) is 0.250. The summed E-state index contributed by atoms with van der Waals surface area (Å²) in [4.78, 5) is 4.43. The summed E-state index contributed by atoms with van der Waals surface area (Å²) in [6, 6.07) is 8.06. The van der Waals surface area contributed by atoms with E-state index < -0.39 is 10.0 Å². The van der Waals surface area contributed by atoms with E-state index in [-0.39, 0.29) is 10.7 Å². The molecule has 0 amide bonds. The molecule has 1 N–H and O–H groups in total. The Labute approximate surface area is 144 Å². The number of aryl methyl sites for hydroxylation is 3. The number of benzene rings is 1. The molecule has 0 fully saturated rings. The Morgan fingerprint density at radius 1 is 1.21 bits per heavy atom. The lowest BCUT2D eigenvalue weighted by molar-refractivity contribution is 0.390.